The van der Waals surface area contributed by atoms with Crippen LogP contribution in [0.2, 0.25) is 0 Å². The molecular weight excluding hydrogens is 354 g/mol. The number of aryl methyl sites for hydroxylation is 2. The monoisotopic (exact) mass is 371 g/mol. The molecular formula is C18H17N3O4S. The summed E-state index contributed by atoms with van der Waals surface area (Å²) in [5.74, 6) is 0.941. The van der Waals surface area contributed by atoms with Crippen LogP contribution in [0.15, 0.2) is 29.3 Å². The Morgan fingerprint density at radius 2 is 2.04 bits per heavy atom. The number of thiophene rings is 1. The van der Waals surface area contributed by atoms with Crippen LogP contribution in [0.5, 0.6) is 11.5 Å². The average molecular weight is 371 g/mol. The second kappa shape index (κ2) is 6.45. The zero-order valence-corrected chi connectivity index (χ0v) is 15.2. The summed E-state index contributed by atoms with van der Waals surface area (Å²) in [6, 6.07) is 5.20. The minimum atomic E-state index is -0.311. The smallest absolute Gasteiger partial charge is 0.262 e. The molecule has 0 bridgehead atoms. The summed E-state index contributed by atoms with van der Waals surface area (Å²) in [7, 11) is 0. The number of fused-ring (bicyclic) bond motifs is 2. The predicted octanol–water partition coefficient (Wildman–Crippen LogP) is 2.48. The van der Waals surface area contributed by atoms with E-state index in [2.05, 4.69) is 10.3 Å². The van der Waals surface area contributed by atoms with Crippen molar-refractivity contribution in [3.8, 4) is 11.5 Å². The molecule has 1 aromatic carbocycles. The van der Waals surface area contributed by atoms with Gasteiger partial charge in [-0.05, 0) is 31.5 Å². The van der Waals surface area contributed by atoms with Crippen molar-refractivity contribution in [3.63, 3.8) is 0 Å². The molecule has 0 spiro atoms. The summed E-state index contributed by atoms with van der Waals surface area (Å²) in [4.78, 5) is 31.1. The van der Waals surface area contributed by atoms with Gasteiger partial charge in [0.15, 0.2) is 11.5 Å². The molecule has 26 heavy (non-hydrogen) atoms. The van der Waals surface area contributed by atoms with Crippen LogP contribution in [0.4, 0.5) is 5.69 Å². The highest BCUT2D eigenvalue weighted by Gasteiger charge is 2.15. The number of nitrogens with zero attached hydrogens (tertiary/aromatic N) is 2. The van der Waals surface area contributed by atoms with E-state index in [-0.39, 0.29) is 18.0 Å². The first-order valence-corrected chi connectivity index (χ1v) is 8.99. The molecule has 7 nitrogen and oxygen atoms in total. The molecule has 0 saturated heterocycles. The van der Waals surface area contributed by atoms with Crippen LogP contribution in [0.3, 0.4) is 0 Å². The SMILES string of the molecule is Cc1sc2ncn(CC(=O)Nc3ccc4c(c3)OCCO4)c(=O)c2c1C. The summed E-state index contributed by atoms with van der Waals surface area (Å²) >= 11 is 1.49. The number of aromatic nitrogens is 2. The van der Waals surface area contributed by atoms with Crippen LogP contribution < -0.4 is 20.3 Å². The Labute approximate surface area is 153 Å². The fourth-order valence-corrected chi connectivity index (χ4v) is 3.85. The van der Waals surface area contributed by atoms with Crippen molar-refractivity contribution in [1.82, 2.24) is 9.55 Å². The van der Waals surface area contributed by atoms with Gasteiger partial charge in [0.2, 0.25) is 5.91 Å². The molecule has 134 valence electrons. The minimum absolute atomic E-state index is 0.107. The van der Waals surface area contributed by atoms with Gasteiger partial charge < -0.3 is 14.8 Å². The first-order chi connectivity index (χ1) is 12.5. The molecule has 1 aliphatic rings. The van der Waals surface area contributed by atoms with Crippen molar-refractivity contribution in [3.05, 3.63) is 45.3 Å². The number of anilines is 1. The largest absolute Gasteiger partial charge is 0.486 e. The van der Waals surface area contributed by atoms with Crippen molar-refractivity contribution in [1.29, 1.82) is 0 Å². The molecule has 0 unspecified atom stereocenters. The molecule has 8 heteroatoms. The number of hydrogen-bond acceptors (Lipinski definition) is 6. The fourth-order valence-electron chi connectivity index (χ4n) is 2.86. The zero-order chi connectivity index (χ0) is 18.3. The summed E-state index contributed by atoms with van der Waals surface area (Å²) in [5.41, 5.74) is 1.31. The van der Waals surface area contributed by atoms with E-state index in [0.717, 1.165) is 10.4 Å². The second-order valence-electron chi connectivity index (χ2n) is 6.05. The maximum absolute atomic E-state index is 12.7. The number of hydrogen-bond donors (Lipinski definition) is 1. The van der Waals surface area contributed by atoms with Crippen molar-refractivity contribution in [2.75, 3.05) is 18.5 Å². The molecule has 3 aromatic rings. The van der Waals surface area contributed by atoms with Gasteiger partial charge in [0.05, 0.1) is 11.7 Å². The van der Waals surface area contributed by atoms with E-state index in [1.165, 1.54) is 22.2 Å². The molecule has 0 aliphatic carbocycles. The fraction of sp³-hybridized carbons (Fsp3) is 0.278. The van der Waals surface area contributed by atoms with Crippen molar-refractivity contribution >= 4 is 33.1 Å². The zero-order valence-electron chi connectivity index (χ0n) is 14.4. The van der Waals surface area contributed by atoms with Gasteiger partial charge in [-0.1, -0.05) is 0 Å². The van der Waals surface area contributed by atoms with Gasteiger partial charge in [0.1, 0.15) is 24.6 Å². The summed E-state index contributed by atoms with van der Waals surface area (Å²) < 4.78 is 12.3. The van der Waals surface area contributed by atoms with E-state index in [1.54, 1.807) is 18.2 Å². The summed E-state index contributed by atoms with van der Waals surface area (Å²) in [6.07, 6.45) is 1.42. The molecule has 0 fully saturated rings. The van der Waals surface area contributed by atoms with Crippen molar-refractivity contribution < 1.29 is 14.3 Å². The first kappa shape index (κ1) is 16.6. The molecule has 0 atom stereocenters. The van der Waals surface area contributed by atoms with Crippen LogP contribution in [-0.2, 0) is 11.3 Å². The minimum Gasteiger partial charge on any atom is -0.486 e. The molecule has 1 aliphatic heterocycles. The molecule has 3 heterocycles. The van der Waals surface area contributed by atoms with Gasteiger partial charge in [0, 0.05) is 16.6 Å². The van der Waals surface area contributed by atoms with Gasteiger partial charge in [-0.3, -0.25) is 14.2 Å². The lowest BCUT2D eigenvalue weighted by Crippen LogP contribution is -2.28. The molecule has 0 saturated carbocycles. The van der Waals surface area contributed by atoms with Gasteiger partial charge in [-0.25, -0.2) is 4.98 Å². The van der Waals surface area contributed by atoms with Gasteiger partial charge in [0.25, 0.3) is 5.56 Å². The second-order valence-corrected chi connectivity index (χ2v) is 7.25. The Kier molecular flexibility index (Phi) is 4.12. The Balaban J connectivity index is 1.55. The standard InChI is InChI=1S/C18H17N3O4S/c1-10-11(2)26-17-16(10)18(23)21(9-19-17)8-15(22)20-12-3-4-13-14(7-12)25-6-5-24-13/h3-4,7,9H,5-6,8H2,1-2H3,(H,20,22). The van der Waals surface area contributed by atoms with Crippen LogP contribution in [0, 0.1) is 13.8 Å². The molecule has 2 aromatic heterocycles. The van der Waals surface area contributed by atoms with Gasteiger partial charge >= 0.3 is 0 Å². The number of carbonyl (C=O) groups excluding carboxylic acids is 1. The highest BCUT2D eigenvalue weighted by molar-refractivity contribution is 7.18. The number of benzene rings is 1. The highest BCUT2D eigenvalue weighted by Crippen LogP contribution is 2.32. The Bertz CT molecular complexity index is 1070. The third-order valence-electron chi connectivity index (χ3n) is 4.30. The van der Waals surface area contributed by atoms with E-state index in [1.807, 2.05) is 13.8 Å². The van der Waals surface area contributed by atoms with E-state index in [4.69, 9.17) is 9.47 Å². The number of amides is 1. The van der Waals surface area contributed by atoms with E-state index in [9.17, 15) is 9.59 Å². The summed E-state index contributed by atoms with van der Waals surface area (Å²) in [6.45, 7) is 4.74. The van der Waals surface area contributed by atoms with Gasteiger partial charge in [-0.15, -0.1) is 11.3 Å². The van der Waals surface area contributed by atoms with Gasteiger partial charge in [-0.2, -0.15) is 0 Å². The van der Waals surface area contributed by atoms with Crippen LogP contribution >= 0.6 is 11.3 Å². The van der Waals surface area contributed by atoms with Crippen LogP contribution in [0.1, 0.15) is 10.4 Å². The average Bonchev–Trinajstić information content (AvgIpc) is 2.92. The third kappa shape index (κ3) is 2.92. The molecule has 0 radical (unpaired) electrons. The lowest BCUT2D eigenvalue weighted by molar-refractivity contribution is -0.116. The molecule has 1 amide bonds. The van der Waals surface area contributed by atoms with E-state index >= 15 is 0 Å². The van der Waals surface area contributed by atoms with Crippen molar-refractivity contribution in [2.24, 2.45) is 0 Å². The Morgan fingerprint density at radius 3 is 2.85 bits per heavy atom. The Hall–Kier alpha value is -2.87. The normalized spacial score (nSPS) is 13.0. The van der Waals surface area contributed by atoms with Crippen molar-refractivity contribution in [2.45, 2.75) is 20.4 Å². The third-order valence-corrected chi connectivity index (χ3v) is 5.41. The quantitative estimate of drug-likeness (QED) is 0.765. The maximum Gasteiger partial charge on any atom is 0.262 e. The van der Waals surface area contributed by atoms with E-state index < -0.39 is 0 Å². The number of carbonyl (C=O) groups is 1. The first-order valence-electron chi connectivity index (χ1n) is 8.17. The summed E-state index contributed by atoms with van der Waals surface area (Å²) in [5, 5.41) is 3.36. The van der Waals surface area contributed by atoms with E-state index in [0.29, 0.717) is 40.6 Å². The maximum atomic E-state index is 12.7. The predicted molar refractivity (Wildman–Crippen MR) is 99.4 cm³/mol. The Morgan fingerprint density at radius 1 is 1.27 bits per heavy atom. The molecule has 4 rings (SSSR count). The number of ether oxygens (including phenoxy) is 2. The highest BCUT2D eigenvalue weighted by atomic mass is 32.1. The number of nitrogens with one attached hydrogen (secondary N) is 1. The topological polar surface area (TPSA) is 82.5 Å². The molecule has 1 N–H and O–H groups in total. The lowest BCUT2D eigenvalue weighted by atomic mass is 10.2. The van der Waals surface area contributed by atoms with Crippen LogP contribution in [-0.4, -0.2) is 28.7 Å². The lowest BCUT2D eigenvalue weighted by Gasteiger charge is -2.19. The number of rotatable bonds is 3. The van der Waals surface area contributed by atoms with Crippen LogP contribution in [0.25, 0.3) is 10.2 Å².